The van der Waals surface area contributed by atoms with Gasteiger partial charge in [0.2, 0.25) is 0 Å². The van der Waals surface area contributed by atoms with Crippen molar-refractivity contribution < 1.29 is 17.6 Å². The molecule has 10 heteroatoms. The fourth-order valence-electron chi connectivity index (χ4n) is 2.19. The van der Waals surface area contributed by atoms with Crippen LogP contribution in [0.4, 0.5) is 4.39 Å². The van der Waals surface area contributed by atoms with Gasteiger partial charge in [-0.2, -0.15) is 8.42 Å². The maximum absolute atomic E-state index is 14.2. The Morgan fingerprint density at radius 1 is 1.31 bits per heavy atom. The van der Waals surface area contributed by atoms with E-state index in [9.17, 15) is 17.6 Å². The lowest BCUT2D eigenvalue weighted by molar-refractivity contribution is -0.122. The third-order valence-corrected chi connectivity index (χ3v) is 8.02. The van der Waals surface area contributed by atoms with Crippen molar-refractivity contribution in [2.24, 2.45) is 4.40 Å². The number of carbonyl (C=O) groups excluding carboxylic acids is 1. The van der Waals surface area contributed by atoms with Gasteiger partial charge in [-0.05, 0) is 64.9 Å². The molecule has 1 saturated heterocycles. The van der Waals surface area contributed by atoms with Crippen molar-refractivity contribution in [3.05, 3.63) is 55.6 Å². The van der Waals surface area contributed by atoms with Crippen LogP contribution >= 0.6 is 45.7 Å². The maximum atomic E-state index is 14.2. The Hall–Kier alpha value is -1.24. The summed E-state index contributed by atoms with van der Waals surface area (Å²) in [5, 5.41) is 1.71. The number of carbonyl (C=O) groups is 1. The Bertz CT molecular complexity index is 1020. The second-order valence-corrected chi connectivity index (χ2v) is 10.0. The summed E-state index contributed by atoms with van der Waals surface area (Å²) in [7, 11) is -3.89. The first-order valence-corrected chi connectivity index (χ1v) is 11.6. The summed E-state index contributed by atoms with van der Waals surface area (Å²) in [6, 6.07) is 7.95. The number of amidine groups is 1. The summed E-state index contributed by atoms with van der Waals surface area (Å²) in [6.07, 6.45) is 1.42. The van der Waals surface area contributed by atoms with Gasteiger partial charge in [-0.25, -0.2) is 4.39 Å². The molecule has 0 spiro atoms. The minimum Gasteiger partial charge on any atom is -0.286 e. The zero-order valence-electron chi connectivity index (χ0n) is 13.3. The van der Waals surface area contributed by atoms with Gasteiger partial charge < -0.3 is 0 Å². The van der Waals surface area contributed by atoms with Crippen LogP contribution in [0.1, 0.15) is 12.5 Å². The lowest BCUT2D eigenvalue weighted by atomic mass is 10.2. The van der Waals surface area contributed by atoms with Crippen LogP contribution < -0.4 is 0 Å². The molecule has 0 N–H and O–H groups in total. The van der Waals surface area contributed by atoms with Crippen LogP contribution in [0, 0.1) is 9.39 Å². The van der Waals surface area contributed by atoms with Crippen LogP contribution in [0.3, 0.4) is 0 Å². The Morgan fingerprint density at radius 2 is 2.08 bits per heavy atom. The standard InChI is InChI=1S/C16H12FIN2O3S3/c1-2-20-15(21)12(9-10-5-3-6-11(18)14(10)17)25-16(20)19-26(22,23)13-7-4-8-24-13/h3-9H,2H2,1H3/b12-9-,19-16+. The zero-order chi connectivity index (χ0) is 18.9. The molecule has 136 valence electrons. The molecule has 5 nitrogen and oxygen atoms in total. The van der Waals surface area contributed by atoms with E-state index in [1.54, 1.807) is 36.6 Å². The van der Waals surface area contributed by atoms with Gasteiger partial charge in [-0.1, -0.05) is 18.2 Å². The smallest absolute Gasteiger partial charge is 0.286 e. The molecule has 1 aliphatic heterocycles. The number of sulfonamides is 1. The second-order valence-electron chi connectivity index (χ2n) is 5.08. The number of halogens is 2. The fraction of sp³-hybridized carbons (Fsp3) is 0.125. The number of likely N-dealkylation sites (N-methyl/N-ethyl adjacent to an activating group) is 1. The van der Waals surface area contributed by atoms with Gasteiger partial charge >= 0.3 is 0 Å². The molecule has 0 unspecified atom stereocenters. The van der Waals surface area contributed by atoms with Gasteiger partial charge in [-0.3, -0.25) is 9.69 Å². The highest BCUT2D eigenvalue weighted by molar-refractivity contribution is 14.1. The van der Waals surface area contributed by atoms with Gasteiger partial charge in [0.05, 0.1) is 4.91 Å². The molecule has 1 aromatic carbocycles. The summed E-state index contributed by atoms with van der Waals surface area (Å²) in [4.78, 5) is 14.1. The first kappa shape index (κ1) is 19.5. The van der Waals surface area contributed by atoms with E-state index in [1.807, 2.05) is 22.6 Å². The Balaban J connectivity index is 2.00. The van der Waals surface area contributed by atoms with E-state index in [0.717, 1.165) is 23.1 Å². The first-order chi connectivity index (χ1) is 12.3. The molecule has 1 aliphatic rings. The Morgan fingerprint density at radius 3 is 2.73 bits per heavy atom. The number of nitrogens with zero attached hydrogens (tertiary/aromatic N) is 2. The molecule has 26 heavy (non-hydrogen) atoms. The minimum absolute atomic E-state index is 0.0724. The fourth-order valence-corrected chi connectivity index (χ4v) is 5.91. The Labute approximate surface area is 172 Å². The van der Waals surface area contributed by atoms with Crippen LogP contribution in [0.2, 0.25) is 0 Å². The molecule has 0 atom stereocenters. The summed E-state index contributed by atoms with van der Waals surface area (Å²) in [5.74, 6) is -0.815. The number of thioether (sulfide) groups is 1. The summed E-state index contributed by atoms with van der Waals surface area (Å²) in [5.41, 5.74) is 0.270. The van der Waals surface area contributed by atoms with Gasteiger partial charge in [0, 0.05) is 15.7 Å². The van der Waals surface area contributed by atoms with Crippen LogP contribution in [0.15, 0.2) is 49.2 Å². The van der Waals surface area contributed by atoms with Crippen molar-refractivity contribution in [1.82, 2.24) is 4.90 Å². The van der Waals surface area contributed by atoms with E-state index < -0.39 is 21.7 Å². The van der Waals surface area contributed by atoms with Crippen LogP contribution in [0.25, 0.3) is 6.08 Å². The highest BCUT2D eigenvalue weighted by Crippen LogP contribution is 2.34. The summed E-state index contributed by atoms with van der Waals surface area (Å²) in [6.45, 7) is 1.98. The zero-order valence-corrected chi connectivity index (χ0v) is 18.0. The molecule has 0 bridgehead atoms. The molecule has 2 heterocycles. The van der Waals surface area contributed by atoms with Crippen LogP contribution in [-0.4, -0.2) is 30.9 Å². The van der Waals surface area contributed by atoms with E-state index in [4.69, 9.17) is 0 Å². The summed E-state index contributed by atoms with van der Waals surface area (Å²) >= 11 is 3.86. The van der Waals surface area contributed by atoms with E-state index in [1.165, 1.54) is 17.0 Å². The quantitative estimate of drug-likeness (QED) is 0.447. The van der Waals surface area contributed by atoms with Crippen molar-refractivity contribution >= 4 is 72.9 Å². The van der Waals surface area contributed by atoms with Crippen LogP contribution in [-0.2, 0) is 14.8 Å². The molecule has 1 amide bonds. The number of amides is 1. The minimum atomic E-state index is -3.89. The number of benzene rings is 1. The average Bonchev–Trinajstić information content (AvgIpc) is 3.21. The van der Waals surface area contributed by atoms with Crippen LogP contribution in [0.5, 0.6) is 0 Å². The predicted octanol–water partition coefficient (Wildman–Crippen LogP) is 4.17. The van der Waals surface area contributed by atoms with Crippen molar-refractivity contribution in [2.45, 2.75) is 11.1 Å². The number of hydrogen-bond acceptors (Lipinski definition) is 5. The molecular formula is C16H12FIN2O3S3. The molecule has 1 fully saturated rings. The highest BCUT2D eigenvalue weighted by atomic mass is 127. The lowest BCUT2D eigenvalue weighted by Crippen LogP contribution is -2.29. The first-order valence-electron chi connectivity index (χ1n) is 7.37. The molecular weight excluding hydrogens is 510 g/mol. The van der Waals surface area contributed by atoms with Crippen molar-refractivity contribution in [3.8, 4) is 0 Å². The number of rotatable bonds is 4. The molecule has 3 rings (SSSR count). The van der Waals surface area contributed by atoms with Gasteiger partial charge in [0.15, 0.2) is 5.17 Å². The molecule has 1 aromatic heterocycles. The number of hydrogen-bond donors (Lipinski definition) is 0. The molecule has 0 saturated carbocycles. The third kappa shape index (κ3) is 3.87. The number of thiophene rings is 1. The third-order valence-electron chi connectivity index (χ3n) is 3.42. The molecule has 2 aromatic rings. The SMILES string of the molecule is CCN1C(=O)/C(=C/c2cccc(I)c2F)S/C1=N/S(=O)(=O)c1cccs1. The summed E-state index contributed by atoms with van der Waals surface area (Å²) < 4.78 is 43.3. The van der Waals surface area contributed by atoms with E-state index in [-0.39, 0.29) is 26.4 Å². The van der Waals surface area contributed by atoms with E-state index in [0.29, 0.717) is 3.57 Å². The van der Waals surface area contributed by atoms with Crippen molar-refractivity contribution in [2.75, 3.05) is 6.54 Å². The maximum Gasteiger partial charge on any atom is 0.294 e. The normalized spacial score (nSPS) is 18.3. The largest absolute Gasteiger partial charge is 0.294 e. The second kappa shape index (κ2) is 7.79. The average molecular weight is 522 g/mol. The van der Waals surface area contributed by atoms with E-state index >= 15 is 0 Å². The van der Waals surface area contributed by atoms with E-state index in [2.05, 4.69) is 4.40 Å². The lowest BCUT2D eigenvalue weighted by Gasteiger charge is -2.11. The van der Waals surface area contributed by atoms with Crippen molar-refractivity contribution in [3.63, 3.8) is 0 Å². The Kier molecular flexibility index (Phi) is 5.85. The highest BCUT2D eigenvalue weighted by Gasteiger charge is 2.34. The van der Waals surface area contributed by atoms with Gasteiger partial charge in [-0.15, -0.1) is 15.7 Å². The topological polar surface area (TPSA) is 66.8 Å². The molecule has 0 aliphatic carbocycles. The monoisotopic (exact) mass is 522 g/mol. The van der Waals surface area contributed by atoms with Gasteiger partial charge in [0.1, 0.15) is 10.0 Å². The predicted molar refractivity (Wildman–Crippen MR) is 111 cm³/mol. The van der Waals surface area contributed by atoms with Crippen molar-refractivity contribution in [1.29, 1.82) is 0 Å². The van der Waals surface area contributed by atoms with Gasteiger partial charge in [0.25, 0.3) is 15.9 Å². The molecule has 0 radical (unpaired) electrons.